The highest BCUT2D eigenvalue weighted by atomic mass is 19.1. The molecular weight excluding hydrogens is 478 g/mol. The highest BCUT2D eigenvalue weighted by Gasteiger charge is 2.27. The number of aryl methyl sites for hydroxylation is 1. The average molecular weight is 517 g/mol. The Morgan fingerprint density at radius 1 is 1.00 bits per heavy atom. The second kappa shape index (κ2) is 16.8. The summed E-state index contributed by atoms with van der Waals surface area (Å²) in [5.74, 6) is 0.339. The van der Waals surface area contributed by atoms with Gasteiger partial charge in [-0.25, -0.2) is 13.8 Å². The van der Waals surface area contributed by atoms with Gasteiger partial charge in [-0.1, -0.05) is 67.9 Å². The Bertz CT molecular complexity index is 1190. The summed E-state index contributed by atoms with van der Waals surface area (Å²) in [6.45, 7) is 10.9. The minimum Gasteiger partial charge on any atom is -0.306 e. The molecule has 38 heavy (non-hydrogen) atoms. The number of imidazole rings is 1. The number of benzene rings is 3. The van der Waals surface area contributed by atoms with Crippen molar-refractivity contribution in [2.75, 3.05) is 13.1 Å². The Balaban J connectivity index is 0.000000204. The molecule has 0 N–H and O–H groups in total. The van der Waals surface area contributed by atoms with E-state index < -0.39 is 6.17 Å². The summed E-state index contributed by atoms with van der Waals surface area (Å²) in [4.78, 5) is 6.26. The summed E-state index contributed by atoms with van der Waals surface area (Å²) in [5, 5.41) is 8.29. The molecule has 200 valence electrons. The van der Waals surface area contributed by atoms with Crippen LogP contribution in [0.2, 0.25) is 0 Å². The van der Waals surface area contributed by atoms with Crippen molar-refractivity contribution in [3.05, 3.63) is 120 Å². The molecule has 0 bridgehead atoms. The summed E-state index contributed by atoms with van der Waals surface area (Å²) in [6.07, 6.45) is 5.14. The quantitative estimate of drug-likeness (QED) is 0.272. The molecule has 3 aromatic carbocycles. The molecule has 1 unspecified atom stereocenters. The van der Waals surface area contributed by atoms with E-state index in [2.05, 4.69) is 41.1 Å². The van der Waals surface area contributed by atoms with Crippen LogP contribution in [0.15, 0.2) is 97.6 Å². The molecule has 4 nitrogen and oxygen atoms in total. The molecule has 4 aromatic rings. The first-order valence-corrected chi connectivity index (χ1v) is 13.0. The smallest absolute Gasteiger partial charge is 0.125 e. The van der Waals surface area contributed by atoms with Gasteiger partial charge in [-0.3, -0.25) is 4.90 Å². The van der Waals surface area contributed by atoms with Gasteiger partial charge in [-0.15, -0.1) is 0 Å². The number of hydrogen-bond donors (Lipinski definition) is 0. The summed E-state index contributed by atoms with van der Waals surface area (Å²) in [5.41, 5.74) is 4.16. The molecule has 1 aromatic heterocycles. The number of rotatable bonds is 5. The van der Waals surface area contributed by atoms with E-state index in [1.807, 2.05) is 44.2 Å². The highest BCUT2D eigenvalue weighted by molar-refractivity contribution is 5.31. The molecule has 1 fully saturated rings. The number of likely N-dealkylation sites (tertiary alicyclic amines) is 1. The molecule has 0 saturated carbocycles. The van der Waals surface area contributed by atoms with Gasteiger partial charge in [0.15, 0.2) is 0 Å². The maximum absolute atomic E-state index is 12.8. The lowest BCUT2D eigenvalue weighted by atomic mass is 9.94. The lowest BCUT2D eigenvalue weighted by molar-refractivity contribution is 0.0699. The summed E-state index contributed by atoms with van der Waals surface area (Å²) in [7, 11) is 0. The third-order valence-corrected chi connectivity index (χ3v) is 5.73. The Hall–Kier alpha value is -3.82. The van der Waals surface area contributed by atoms with E-state index in [4.69, 9.17) is 5.26 Å². The van der Waals surface area contributed by atoms with Gasteiger partial charge in [0.2, 0.25) is 0 Å². The zero-order valence-corrected chi connectivity index (χ0v) is 22.8. The second-order valence-corrected chi connectivity index (χ2v) is 8.99. The molecule has 0 aliphatic carbocycles. The van der Waals surface area contributed by atoms with Crippen LogP contribution >= 0.6 is 0 Å². The zero-order chi connectivity index (χ0) is 27.8. The number of nitrogens with zero attached hydrogens (tertiary/aromatic N) is 4. The maximum Gasteiger partial charge on any atom is 0.125 e. The molecule has 1 aliphatic heterocycles. The van der Waals surface area contributed by atoms with Crippen LogP contribution in [0, 0.1) is 30.0 Å². The molecule has 2 heterocycles. The fraction of sp³-hybridized carbons (Fsp3) is 0.312. The third kappa shape index (κ3) is 11.1. The number of nitriles is 1. The van der Waals surface area contributed by atoms with E-state index in [0.717, 1.165) is 31.7 Å². The van der Waals surface area contributed by atoms with Crippen LogP contribution in [0.3, 0.4) is 0 Å². The van der Waals surface area contributed by atoms with Crippen molar-refractivity contribution >= 4 is 0 Å². The van der Waals surface area contributed by atoms with Crippen molar-refractivity contribution in [1.29, 1.82) is 5.26 Å². The van der Waals surface area contributed by atoms with E-state index in [0.29, 0.717) is 11.5 Å². The van der Waals surface area contributed by atoms with E-state index in [-0.39, 0.29) is 5.82 Å². The summed E-state index contributed by atoms with van der Waals surface area (Å²) in [6, 6.07) is 26.2. The highest BCUT2D eigenvalue weighted by Crippen LogP contribution is 2.23. The van der Waals surface area contributed by atoms with Gasteiger partial charge >= 0.3 is 0 Å². The predicted molar refractivity (Wildman–Crippen MR) is 151 cm³/mol. The Morgan fingerprint density at radius 3 is 2.21 bits per heavy atom. The lowest BCUT2D eigenvalue weighted by Gasteiger charge is -2.39. The Labute approximate surface area is 226 Å². The van der Waals surface area contributed by atoms with Gasteiger partial charge in [0, 0.05) is 37.7 Å². The molecule has 0 amide bonds. The summed E-state index contributed by atoms with van der Waals surface area (Å²) < 4.78 is 27.2. The largest absolute Gasteiger partial charge is 0.306 e. The minimum absolute atomic E-state index is 0.235. The van der Waals surface area contributed by atoms with Crippen LogP contribution in [0.5, 0.6) is 0 Å². The third-order valence-electron chi connectivity index (χ3n) is 5.73. The molecule has 0 spiro atoms. The molecule has 1 saturated heterocycles. The first-order chi connectivity index (χ1) is 18.4. The van der Waals surface area contributed by atoms with E-state index in [1.54, 1.807) is 48.4 Å². The topological polar surface area (TPSA) is 44.9 Å². The van der Waals surface area contributed by atoms with E-state index in [1.165, 1.54) is 23.3 Å². The number of aromatic nitrogens is 2. The molecule has 0 radical (unpaired) electrons. The fourth-order valence-corrected chi connectivity index (χ4v) is 3.93. The molecule has 5 rings (SSSR count). The van der Waals surface area contributed by atoms with Crippen LogP contribution in [0.25, 0.3) is 5.69 Å². The first-order valence-electron chi connectivity index (χ1n) is 13.0. The first kappa shape index (κ1) is 30.4. The standard InChI is InChI=1S/C14H20FN.C9H7FN2.C7H5N.C2H6/c1-11-3-5-13(6-4-11)8-16-9-14(10-16)7-12(2)15;10-8-2-1-3-9(6-8)12-5-4-11-7-12;8-6-7-4-2-1-3-5-7;1-2/h3-6,12,14H,7-10H2,1-2H3;1-7H;1-5H;1-2H3. The van der Waals surface area contributed by atoms with Crippen molar-refractivity contribution < 1.29 is 8.78 Å². The maximum atomic E-state index is 12.8. The van der Waals surface area contributed by atoms with Crippen LogP contribution in [0.4, 0.5) is 8.78 Å². The molecular formula is C32H38F2N4. The van der Waals surface area contributed by atoms with Gasteiger partial charge in [0.05, 0.1) is 24.1 Å². The second-order valence-electron chi connectivity index (χ2n) is 8.99. The van der Waals surface area contributed by atoms with Gasteiger partial charge in [0.25, 0.3) is 0 Å². The van der Waals surface area contributed by atoms with Crippen molar-refractivity contribution in [2.45, 2.75) is 46.8 Å². The minimum atomic E-state index is -0.647. The molecule has 1 aliphatic rings. The SMILES string of the molecule is CC.Cc1ccc(CN2CC(CC(C)F)C2)cc1.Fc1cccc(-n2ccnc2)c1.N#Cc1ccccc1. The average Bonchev–Trinajstić information content (AvgIpc) is 3.46. The van der Waals surface area contributed by atoms with Crippen LogP contribution in [-0.4, -0.2) is 33.7 Å². The van der Waals surface area contributed by atoms with Crippen molar-refractivity contribution in [3.8, 4) is 11.8 Å². The summed E-state index contributed by atoms with van der Waals surface area (Å²) >= 11 is 0. The Morgan fingerprint density at radius 2 is 1.68 bits per heavy atom. The van der Waals surface area contributed by atoms with Gasteiger partial charge in [-0.05, 0) is 62.1 Å². The number of alkyl halides is 1. The number of hydrogen-bond acceptors (Lipinski definition) is 3. The monoisotopic (exact) mass is 516 g/mol. The van der Waals surface area contributed by atoms with Crippen LogP contribution in [-0.2, 0) is 6.54 Å². The van der Waals surface area contributed by atoms with Gasteiger partial charge in [0.1, 0.15) is 5.82 Å². The van der Waals surface area contributed by atoms with Gasteiger partial charge < -0.3 is 4.57 Å². The lowest BCUT2D eigenvalue weighted by Crippen LogP contribution is -2.46. The fourth-order valence-electron chi connectivity index (χ4n) is 3.93. The van der Waals surface area contributed by atoms with E-state index in [9.17, 15) is 8.78 Å². The van der Waals surface area contributed by atoms with Crippen molar-refractivity contribution in [1.82, 2.24) is 14.5 Å². The normalized spacial score (nSPS) is 13.2. The molecule has 1 atom stereocenters. The van der Waals surface area contributed by atoms with Crippen molar-refractivity contribution in [3.63, 3.8) is 0 Å². The van der Waals surface area contributed by atoms with Gasteiger partial charge in [-0.2, -0.15) is 5.26 Å². The predicted octanol–water partition coefficient (Wildman–Crippen LogP) is 7.77. The molecule has 6 heteroatoms. The number of halogens is 2. The van der Waals surface area contributed by atoms with Crippen LogP contribution in [0.1, 0.15) is 43.9 Å². The van der Waals surface area contributed by atoms with Crippen molar-refractivity contribution in [2.24, 2.45) is 5.92 Å². The zero-order valence-electron chi connectivity index (χ0n) is 22.8. The van der Waals surface area contributed by atoms with Crippen LogP contribution < -0.4 is 0 Å². The Kier molecular flexibility index (Phi) is 13.5. The van der Waals surface area contributed by atoms with E-state index >= 15 is 0 Å².